The van der Waals surface area contributed by atoms with Gasteiger partial charge in [0.15, 0.2) is 9.84 Å². The summed E-state index contributed by atoms with van der Waals surface area (Å²) in [5.74, 6) is 0.523. The van der Waals surface area contributed by atoms with E-state index in [1.807, 2.05) is 10.9 Å². The first kappa shape index (κ1) is 11.2. The molecule has 6 heteroatoms. The highest BCUT2D eigenvalue weighted by molar-refractivity contribution is 7.91. The summed E-state index contributed by atoms with van der Waals surface area (Å²) < 4.78 is 24.9. The summed E-state index contributed by atoms with van der Waals surface area (Å²) in [5.41, 5.74) is 8.31. The fourth-order valence-electron chi connectivity index (χ4n) is 2.90. The zero-order chi connectivity index (χ0) is 12.0. The minimum atomic E-state index is -2.85. The van der Waals surface area contributed by atoms with E-state index in [-0.39, 0.29) is 17.8 Å². The van der Waals surface area contributed by atoms with Gasteiger partial charge >= 0.3 is 0 Å². The average molecular weight is 255 g/mol. The molecule has 1 aliphatic heterocycles. The van der Waals surface area contributed by atoms with Gasteiger partial charge in [0.1, 0.15) is 0 Å². The molecule has 2 unspecified atom stereocenters. The Kier molecular flexibility index (Phi) is 2.52. The predicted octanol–water partition coefficient (Wildman–Crippen LogP) is 0.579. The molecule has 17 heavy (non-hydrogen) atoms. The lowest BCUT2D eigenvalue weighted by Crippen LogP contribution is -2.21. The summed E-state index contributed by atoms with van der Waals surface area (Å²) in [6, 6.07) is 0.0968. The van der Waals surface area contributed by atoms with Gasteiger partial charge in [-0.15, -0.1) is 0 Å². The van der Waals surface area contributed by atoms with Crippen LogP contribution in [-0.2, 0) is 16.3 Å². The molecule has 3 rings (SSSR count). The fourth-order valence-corrected chi connectivity index (χ4v) is 4.59. The van der Waals surface area contributed by atoms with Gasteiger partial charge in [-0.25, -0.2) is 8.42 Å². The molecule has 0 aromatic carbocycles. The highest BCUT2D eigenvalue weighted by Gasteiger charge is 2.32. The van der Waals surface area contributed by atoms with Gasteiger partial charge in [-0.2, -0.15) is 5.10 Å². The van der Waals surface area contributed by atoms with Crippen molar-refractivity contribution in [1.82, 2.24) is 9.78 Å². The largest absolute Gasteiger partial charge is 0.324 e. The zero-order valence-corrected chi connectivity index (χ0v) is 10.5. The molecule has 1 aromatic heterocycles. The summed E-state index contributed by atoms with van der Waals surface area (Å²) in [6.07, 6.45) is 5.55. The van der Waals surface area contributed by atoms with Crippen LogP contribution in [0.15, 0.2) is 6.20 Å². The van der Waals surface area contributed by atoms with Gasteiger partial charge in [0, 0.05) is 17.3 Å². The number of hydrogen-bond acceptors (Lipinski definition) is 4. The SMILES string of the molecule is NC1CCCc2c1cnn2C1CCS(=O)(=O)C1. The van der Waals surface area contributed by atoms with Crippen LogP contribution in [0.5, 0.6) is 0 Å². The Morgan fingerprint density at radius 1 is 1.41 bits per heavy atom. The van der Waals surface area contributed by atoms with Crippen molar-refractivity contribution in [3.8, 4) is 0 Å². The van der Waals surface area contributed by atoms with Crippen LogP contribution in [-0.4, -0.2) is 29.7 Å². The third-order valence-electron chi connectivity index (χ3n) is 3.81. The van der Waals surface area contributed by atoms with Crippen LogP contribution in [0, 0.1) is 0 Å². The maximum atomic E-state index is 11.5. The number of nitrogens with zero attached hydrogens (tertiary/aromatic N) is 2. The molecule has 2 heterocycles. The lowest BCUT2D eigenvalue weighted by atomic mass is 9.93. The fraction of sp³-hybridized carbons (Fsp3) is 0.727. The van der Waals surface area contributed by atoms with Crippen molar-refractivity contribution in [2.45, 2.75) is 37.8 Å². The minimum absolute atomic E-state index is 0.0223. The molecule has 1 aliphatic carbocycles. The highest BCUT2D eigenvalue weighted by Crippen LogP contribution is 2.32. The Bertz CT molecular complexity index is 535. The van der Waals surface area contributed by atoms with E-state index in [0.717, 1.165) is 30.5 Å². The van der Waals surface area contributed by atoms with Gasteiger partial charge in [0.25, 0.3) is 0 Å². The normalized spacial score (nSPS) is 31.4. The van der Waals surface area contributed by atoms with E-state index in [1.54, 1.807) is 0 Å². The van der Waals surface area contributed by atoms with Crippen LogP contribution in [0.3, 0.4) is 0 Å². The molecule has 94 valence electrons. The summed E-state index contributed by atoms with van der Waals surface area (Å²) in [7, 11) is -2.85. The highest BCUT2D eigenvalue weighted by atomic mass is 32.2. The number of rotatable bonds is 1. The Balaban J connectivity index is 1.95. The van der Waals surface area contributed by atoms with Crippen molar-refractivity contribution in [1.29, 1.82) is 0 Å². The molecular weight excluding hydrogens is 238 g/mol. The topological polar surface area (TPSA) is 78.0 Å². The number of aromatic nitrogens is 2. The predicted molar refractivity (Wildman–Crippen MR) is 64.4 cm³/mol. The van der Waals surface area contributed by atoms with Crippen molar-refractivity contribution in [3.63, 3.8) is 0 Å². The van der Waals surface area contributed by atoms with Crippen LogP contribution in [0.25, 0.3) is 0 Å². The van der Waals surface area contributed by atoms with Crippen molar-refractivity contribution in [3.05, 3.63) is 17.5 Å². The van der Waals surface area contributed by atoms with Gasteiger partial charge < -0.3 is 5.73 Å². The number of nitrogens with two attached hydrogens (primary N) is 1. The Morgan fingerprint density at radius 2 is 2.24 bits per heavy atom. The second-order valence-electron chi connectivity index (χ2n) is 5.05. The standard InChI is InChI=1S/C11H17N3O2S/c12-10-2-1-3-11-9(10)6-13-14(11)8-4-5-17(15,16)7-8/h6,8,10H,1-5,7,12H2. The monoisotopic (exact) mass is 255 g/mol. The van der Waals surface area contributed by atoms with Gasteiger partial charge in [0.2, 0.25) is 0 Å². The van der Waals surface area contributed by atoms with E-state index in [2.05, 4.69) is 5.10 Å². The van der Waals surface area contributed by atoms with Crippen LogP contribution >= 0.6 is 0 Å². The average Bonchev–Trinajstić information content (AvgIpc) is 2.82. The second-order valence-corrected chi connectivity index (χ2v) is 7.28. The van der Waals surface area contributed by atoms with E-state index in [9.17, 15) is 8.42 Å². The smallest absolute Gasteiger partial charge is 0.152 e. The third-order valence-corrected chi connectivity index (χ3v) is 5.56. The molecule has 0 amide bonds. The van der Waals surface area contributed by atoms with Crippen LogP contribution in [0.4, 0.5) is 0 Å². The molecule has 0 radical (unpaired) electrons. The molecule has 2 aliphatic rings. The van der Waals surface area contributed by atoms with Crippen molar-refractivity contribution in [2.75, 3.05) is 11.5 Å². The summed E-state index contributed by atoms with van der Waals surface area (Å²) in [5, 5.41) is 4.37. The Labute approximate surface area is 101 Å². The lowest BCUT2D eigenvalue weighted by Gasteiger charge is -2.21. The van der Waals surface area contributed by atoms with Crippen molar-refractivity contribution < 1.29 is 8.42 Å². The van der Waals surface area contributed by atoms with E-state index in [1.165, 1.54) is 0 Å². The molecule has 0 saturated carbocycles. The second kappa shape index (κ2) is 3.81. The van der Waals surface area contributed by atoms with E-state index < -0.39 is 9.84 Å². The molecular formula is C11H17N3O2S. The molecule has 2 N–H and O–H groups in total. The molecule has 1 aromatic rings. The molecule has 2 atom stereocenters. The van der Waals surface area contributed by atoms with E-state index in [4.69, 9.17) is 5.73 Å². The van der Waals surface area contributed by atoms with E-state index >= 15 is 0 Å². The van der Waals surface area contributed by atoms with E-state index in [0.29, 0.717) is 12.2 Å². The molecule has 5 nitrogen and oxygen atoms in total. The third kappa shape index (κ3) is 1.89. The van der Waals surface area contributed by atoms with Crippen molar-refractivity contribution in [2.24, 2.45) is 5.73 Å². The van der Waals surface area contributed by atoms with Gasteiger partial charge in [-0.05, 0) is 25.7 Å². The first-order valence-corrected chi connectivity index (χ1v) is 7.91. The maximum absolute atomic E-state index is 11.5. The first-order valence-electron chi connectivity index (χ1n) is 6.09. The maximum Gasteiger partial charge on any atom is 0.152 e. The van der Waals surface area contributed by atoms with Crippen LogP contribution in [0.2, 0.25) is 0 Å². The zero-order valence-electron chi connectivity index (χ0n) is 9.67. The molecule has 1 saturated heterocycles. The molecule has 1 fully saturated rings. The van der Waals surface area contributed by atoms with Crippen LogP contribution < -0.4 is 5.73 Å². The first-order chi connectivity index (χ1) is 8.07. The van der Waals surface area contributed by atoms with Gasteiger partial charge in [-0.3, -0.25) is 4.68 Å². The summed E-state index contributed by atoms with van der Waals surface area (Å²) in [6.45, 7) is 0. The molecule has 0 bridgehead atoms. The van der Waals surface area contributed by atoms with Crippen molar-refractivity contribution >= 4 is 9.84 Å². The number of fused-ring (bicyclic) bond motifs is 1. The summed E-state index contributed by atoms with van der Waals surface area (Å²) >= 11 is 0. The number of hydrogen-bond donors (Lipinski definition) is 1. The quantitative estimate of drug-likeness (QED) is 0.796. The number of sulfone groups is 1. The minimum Gasteiger partial charge on any atom is -0.324 e. The Hall–Kier alpha value is -0.880. The molecule has 0 spiro atoms. The lowest BCUT2D eigenvalue weighted by molar-refractivity contribution is 0.459. The Morgan fingerprint density at radius 3 is 2.94 bits per heavy atom. The van der Waals surface area contributed by atoms with Gasteiger partial charge in [0.05, 0.1) is 23.7 Å². The van der Waals surface area contributed by atoms with Gasteiger partial charge in [-0.1, -0.05) is 0 Å². The summed E-state index contributed by atoms with van der Waals surface area (Å²) in [4.78, 5) is 0. The van der Waals surface area contributed by atoms with Crippen LogP contribution in [0.1, 0.15) is 42.6 Å².